The molecule has 0 rings (SSSR count). The molecule has 13 heavy (non-hydrogen) atoms. The molecular weight excluding hydrogens is 170 g/mol. The Balaban J connectivity index is 3.20. The Hall–Kier alpha value is -0.650. The third-order valence-corrected chi connectivity index (χ3v) is 1.84. The summed E-state index contributed by atoms with van der Waals surface area (Å²) in [5, 5.41) is 8.60. The largest absolute Gasteiger partial charge is 0.395 e. The van der Waals surface area contributed by atoms with Crippen molar-refractivity contribution < 1.29 is 9.90 Å². The van der Waals surface area contributed by atoms with Crippen LogP contribution in [0.15, 0.2) is 0 Å². The normalized spacial score (nSPS) is 10.5. The number of rotatable bonds is 7. The zero-order chi connectivity index (χ0) is 10.1. The second kappa shape index (κ2) is 7.97. The molecule has 0 aliphatic carbocycles. The number of aliphatic hydroxyl groups is 1. The second-order valence-electron chi connectivity index (χ2n) is 3.05. The summed E-state index contributed by atoms with van der Waals surface area (Å²) in [5.74, 6) is 4.80. The van der Waals surface area contributed by atoms with Gasteiger partial charge in [-0.05, 0) is 26.4 Å². The monoisotopic (exact) mass is 189 g/mol. The Morgan fingerprint density at radius 3 is 2.69 bits per heavy atom. The summed E-state index contributed by atoms with van der Waals surface area (Å²) in [6, 6.07) is 0. The van der Waals surface area contributed by atoms with Crippen molar-refractivity contribution in [3.63, 3.8) is 0 Å². The molecule has 0 unspecified atom stereocenters. The SMILES string of the molecule is CN(CCO)CCCCC(=O)NN. The van der Waals surface area contributed by atoms with Crippen LogP contribution in [0.4, 0.5) is 0 Å². The fraction of sp³-hybridized carbons (Fsp3) is 0.875. The number of aliphatic hydroxyl groups excluding tert-OH is 1. The molecule has 5 nitrogen and oxygen atoms in total. The third kappa shape index (κ3) is 7.70. The summed E-state index contributed by atoms with van der Waals surface area (Å²) in [6.45, 7) is 1.77. The molecule has 0 aromatic heterocycles. The van der Waals surface area contributed by atoms with Gasteiger partial charge < -0.3 is 10.0 Å². The van der Waals surface area contributed by atoms with Gasteiger partial charge in [0, 0.05) is 13.0 Å². The highest BCUT2D eigenvalue weighted by molar-refractivity contribution is 5.74. The second-order valence-corrected chi connectivity index (χ2v) is 3.05. The maximum atomic E-state index is 10.7. The van der Waals surface area contributed by atoms with Crippen LogP contribution in [0.5, 0.6) is 0 Å². The van der Waals surface area contributed by atoms with Crippen LogP contribution in [0, 0.1) is 0 Å². The van der Waals surface area contributed by atoms with E-state index in [0.29, 0.717) is 13.0 Å². The maximum Gasteiger partial charge on any atom is 0.233 e. The highest BCUT2D eigenvalue weighted by Gasteiger charge is 1.99. The number of nitrogens with one attached hydrogen (secondary N) is 1. The molecule has 0 aliphatic rings. The number of hydrogen-bond acceptors (Lipinski definition) is 4. The van der Waals surface area contributed by atoms with E-state index >= 15 is 0 Å². The van der Waals surface area contributed by atoms with E-state index in [-0.39, 0.29) is 12.5 Å². The Morgan fingerprint density at radius 1 is 1.46 bits per heavy atom. The lowest BCUT2D eigenvalue weighted by molar-refractivity contribution is -0.121. The quantitative estimate of drug-likeness (QED) is 0.209. The number of carbonyl (C=O) groups is 1. The van der Waals surface area contributed by atoms with Crippen LogP contribution in [0.2, 0.25) is 0 Å². The van der Waals surface area contributed by atoms with Crippen molar-refractivity contribution in [3.05, 3.63) is 0 Å². The van der Waals surface area contributed by atoms with Crippen LogP contribution < -0.4 is 11.3 Å². The molecular formula is C8H19N3O2. The molecule has 0 heterocycles. The van der Waals surface area contributed by atoms with E-state index in [2.05, 4.69) is 5.43 Å². The van der Waals surface area contributed by atoms with Crippen molar-refractivity contribution in [2.45, 2.75) is 19.3 Å². The van der Waals surface area contributed by atoms with Gasteiger partial charge in [-0.1, -0.05) is 0 Å². The highest BCUT2D eigenvalue weighted by atomic mass is 16.3. The van der Waals surface area contributed by atoms with Crippen molar-refractivity contribution in [1.82, 2.24) is 10.3 Å². The number of nitrogens with two attached hydrogens (primary N) is 1. The first-order valence-corrected chi connectivity index (χ1v) is 4.49. The number of nitrogens with zero attached hydrogens (tertiary/aromatic N) is 1. The molecule has 0 aromatic rings. The maximum absolute atomic E-state index is 10.7. The van der Waals surface area contributed by atoms with Gasteiger partial charge in [0.1, 0.15) is 0 Å². The van der Waals surface area contributed by atoms with Crippen molar-refractivity contribution >= 4 is 5.91 Å². The Labute approximate surface area is 78.9 Å². The van der Waals surface area contributed by atoms with E-state index in [1.165, 1.54) is 0 Å². The van der Waals surface area contributed by atoms with Crippen molar-refractivity contribution in [3.8, 4) is 0 Å². The van der Waals surface area contributed by atoms with Gasteiger partial charge in [-0.25, -0.2) is 5.84 Å². The zero-order valence-corrected chi connectivity index (χ0v) is 8.12. The highest BCUT2D eigenvalue weighted by Crippen LogP contribution is 1.96. The molecule has 0 bridgehead atoms. The van der Waals surface area contributed by atoms with Gasteiger partial charge in [0.25, 0.3) is 0 Å². The summed E-state index contributed by atoms with van der Waals surface area (Å²) in [7, 11) is 1.94. The Bertz CT molecular complexity index is 141. The molecule has 1 amide bonds. The smallest absolute Gasteiger partial charge is 0.233 e. The Kier molecular flexibility index (Phi) is 7.57. The number of carbonyl (C=O) groups excluding carboxylic acids is 1. The van der Waals surface area contributed by atoms with Gasteiger partial charge in [0.2, 0.25) is 5.91 Å². The number of unbranched alkanes of at least 4 members (excludes halogenated alkanes) is 1. The summed E-state index contributed by atoms with van der Waals surface area (Å²) in [6.07, 6.45) is 2.26. The molecule has 4 N–H and O–H groups in total. The van der Waals surface area contributed by atoms with Crippen LogP contribution in [-0.4, -0.2) is 42.7 Å². The molecule has 0 atom stereocenters. The van der Waals surface area contributed by atoms with Gasteiger partial charge in [0.05, 0.1) is 6.61 Å². The summed E-state index contributed by atoms with van der Waals surface area (Å²) in [5.41, 5.74) is 2.09. The predicted octanol–water partition coefficient (Wildman–Crippen LogP) is -0.929. The van der Waals surface area contributed by atoms with Crippen LogP contribution in [0.25, 0.3) is 0 Å². The van der Waals surface area contributed by atoms with Gasteiger partial charge in [0.15, 0.2) is 0 Å². The average Bonchev–Trinajstić information content (AvgIpc) is 2.12. The first-order valence-electron chi connectivity index (χ1n) is 4.49. The van der Waals surface area contributed by atoms with E-state index in [1.54, 1.807) is 0 Å². The third-order valence-electron chi connectivity index (χ3n) is 1.84. The molecule has 0 spiro atoms. The lowest BCUT2D eigenvalue weighted by atomic mass is 10.2. The van der Waals surface area contributed by atoms with Crippen LogP contribution in [0.3, 0.4) is 0 Å². The molecule has 78 valence electrons. The van der Waals surface area contributed by atoms with E-state index in [1.807, 2.05) is 11.9 Å². The van der Waals surface area contributed by atoms with Gasteiger partial charge in [-0.3, -0.25) is 10.2 Å². The van der Waals surface area contributed by atoms with E-state index in [4.69, 9.17) is 10.9 Å². The molecule has 0 aliphatic heterocycles. The molecule has 5 heteroatoms. The predicted molar refractivity (Wildman–Crippen MR) is 50.8 cm³/mol. The van der Waals surface area contributed by atoms with Gasteiger partial charge in [-0.2, -0.15) is 0 Å². The molecule has 0 aromatic carbocycles. The lowest BCUT2D eigenvalue weighted by Gasteiger charge is -2.13. The number of hydrazine groups is 1. The number of likely N-dealkylation sites (N-methyl/N-ethyl adjacent to an activating group) is 1. The first-order chi connectivity index (χ1) is 6.20. The summed E-state index contributed by atoms with van der Waals surface area (Å²) < 4.78 is 0. The minimum atomic E-state index is -0.121. The molecule has 0 radical (unpaired) electrons. The van der Waals surface area contributed by atoms with Crippen molar-refractivity contribution in [2.24, 2.45) is 5.84 Å². The topological polar surface area (TPSA) is 78.6 Å². The van der Waals surface area contributed by atoms with Gasteiger partial charge in [-0.15, -0.1) is 0 Å². The van der Waals surface area contributed by atoms with Crippen LogP contribution in [-0.2, 0) is 4.79 Å². The van der Waals surface area contributed by atoms with Crippen molar-refractivity contribution in [1.29, 1.82) is 0 Å². The fourth-order valence-corrected chi connectivity index (χ4v) is 1.02. The minimum Gasteiger partial charge on any atom is -0.395 e. The molecule has 0 fully saturated rings. The zero-order valence-electron chi connectivity index (χ0n) is 8.12. The number of amides is 1. The average molecular weight is 189 g/mol. The van der Waals surface area contributed by atoms with Gasteiger partial charge >= 0.3 is 0 Å². The fourth-order valence-electron chi connectivity index (χ4n) is 1.02. The van der Waals surface area contributed by atoms with E-state index in [0.717, 1.165) is 19.4 Å². The summed E-state index contributed by atoms with van der Waals surface area (Å²) in [4.78, 5) is 12.7. The van der Waals surface area contributed by atoms with Crippen LogP contribution >= 0.6 is 0 Å². The van der Waals surface area contributed by atoms with Crippen LogP contribution in [0.1, 0.15) is 19.3 Å². The molecule has 0 saturated heterocycles. The minimum absolute atomic E-state index is 0.121. The van der Waals surface area contributed by atoms with E-state index in [9.17, 15) is 4.79 Å². The number of hydrogen-bond donors (Lipinski definition) is 3. The standard InChI is InChI=1S/C8H19N3O2/c1-11(6-7-12)5-3-2-4-8(13)10-9/h12H,2-7,9H2,1H3,(H,10,13). The summed E-state index contributed by atoms with van der Waals surface area (Å²) >= 11 is 0. The van der Waals surface area contributed by atoms with Crippen molar-refractivity contribution in [2.75, 3.05) is 26.7 Å². The Morgan fingerprint density at radius 2 is 2.15 bits per heavy atom. The first kappa shape index (κ1) is 12.3. The molecule has 0 saturated carbocycles. The lowest BCUT2D eigenvalue weighted by Crippen LogP contribution is -2.30. The van der Waals surface area contributed by atoms with E-state index < -0.39 is 0 Å².